The molecule has 0 atom stereocenters. The molecule has 0 aliphatic heterocycles. The summed E-state index contributed by atoms with van der Waals surface area (Å²) in [4.78, 5) is 0.832. The van der Waals surface area contributed by atoms with E-state index in [0.29, 0.717) is 5.69 Å². The number of nitrogens with zero attached hydrogens (tertiary/aromatic N) is 1. The molecular weight excluding hydrogens is 342 g/mol. The van der Waals surface area contributed by atoms with Crippen molar-refractivity contribution in [2.45, 2.75) is 31.9 Å². The molecule has 0 amide bonds. The first-order valence-electron chi connectivity index (χ1n) is 7.50. The lowest BCUT2D eigenvalue weighted by atomic mass is 10.1. The molecule has 1 aromatic carbocycles. The van der Waals surface area contributed by atoms with Crippen molar-refractivity contribution in [3.8, 4) is 10.6 Å². The van der Waals surface area contributed by atoms with E-state index >= 15 is 0 Å². The number of H-pyrrole nitrogens is 1. The Kier molecular flexibility index (Phi) is 4.23. The maximum atomic E-state index is 12.7. The molecule has 0 aliphatic rings. The van der Waals surface area contributed by atoms with E-state index in [1.54, 1.807) is 12.1 Å². The molecule has 0 saturated carbocycles. The molecule has 24 heavy (non-hydrogen) atoms. The molecule has 126 valence electrons. The van der Waals surface area contributed by atoms with E-state index in [2.05, 4.69) is 14.9 Å². The van der Waals surface area contributed by atoms with Crippen LogP contribution in [0.2, 0.25) is 0 Å². The Morgan fingerprint density at radius 1 is 1.04 bits per heavy atom. The number of benzene rings is 1. The van der Waals surface area contributed by atoms with Crippen LogP contribution >= 0.6 is 11.3 Å². The average Bonchev–Trinajstić information content (AvgIpc) is 3.12. The van der Waals surface area contributed by atoms with Gasteiger partial charge in [0.25, 0.3) is 10.0 Å². The molecule has 0 aliphatic carbocycles. The van der Waals surface area contributed by atoms with E-state index in [0.717, 1.165) is 33.0 Å². The van der Waals surface area contributed by atoms with Crippen LogP contribution in [0.25, 0.3) is 10.6 Å². The Morgan fingerprint density at radius 3 is 2.29 bits per heavy atom. The van der Waals surface area contributed by atoms with Gasteiger partial charge in [-0.15, -0.1) is 11.3 Å². The number of sulfonamides is 1. The normalized spacial score (nSPS) is 11.7. The first-order chi connectivity index (χ1) is 11.3. The lowest BCUT2D eigenvalue weighted by Crippen LogP contribution is -2.13. The second-order valence-electron chi connectivity index (χ2n) is 5.81. The SMILES string of the molecule is Cc1cccc(C)c1NS(=O)(=O)c1ccc(-c2n[nH]c(C)c2C)s1. The van der Waals surface area contributed by atoms with Gasteiger partial charge in [0.2, 0.25) is 0 Å². The Balaban J connectivity index is 1.96. The Bertz CT molecular complexity index is 981. The summed E-state index contributed by atoms with van der Waals surface area (Å²) < 4.78 is 28.4. The predicted molar refractivity (Wildman–Crippen MR) is 98.1 cm³/mol. The van der Waals surface area contributed by atoms with Crippen molar-refractivity contribution in [2.75, 3.05) is 4.72 Å². The second kappa shape index (κ2) is 6.07. The fourth-order valence-electron chi connectivity index (χ4n) is 2.48. The monoisotopic (exact) mass is 361 g/mol. The van der Waals surface area contributed by atoms with E-state index in [9.17, 15) is 8.42 Å². The second-order valence-corrected chi connectivity index (χ2v) is 8.81. The fraction of sp³-hybridized carbons (Fsp3) is 0.235. The van der Waals surface area contributed by atoms with Crippen LogP contribution in [0, 0.1) is 27.7 Å². The molecule has 0 radical (unpaired) electrons. The van der Waals surface area contributed by atoms with Crippen LogP contribution in [0.1, 0.15) is 22.4 Å². The van der Waals surface area contributed by atoms with Gasteiger partial charge in [0.05, 0.1) is 10.6 Å². The molecule has 0 saturated heterocycles. The molecule has 7 heteroatoms. The average molecular weight is 361 g/mol. The van der Waals surface area contributed by atoms with Crippen molar-refractivity contribution in [1.82, 2.24) is 10.2 Å². The Labute approximate surface area is 145 Å². The number of aromatic nitrogens is 2. The number of anilines is 1. The van der Waals surface area contributed by atoms with Gasteiger partial charge in [-0.1, -0.05) is 18.2 Å². The number of thiophene rings is 1. The number of aromatic amines is 1. The topological polar surface area (TPSA) is 74.8 Å². The third kappa shape index (κ3) is 2.97. The summed E-state index contributed by atoms with van der Waals surface area (Å²) in [6, 6.07) is 9.11. The van der Waals surface area contributed by atoms with Crippen molar-refractivity contribution < 1.29 is 8.42 Å². The summed E-state index contributed by atoms with van der Waals surface area (Å²) in [5.41, 5.74) is 5.24. The lowest BCUT2D eigenvalue weighted by Gasteiger charge is -2.12. The zero-order chi connectivity index (χ0) is 17.5. The zero-order valence-electron chi connectivity index (χ0n) is 14.0. The van der Waals surface area contributed by atoms with E-state index in [1.165, 1.54) is 11.3 Å². The third-order valence-corrected chi connectivity index (χ3v) is 6.98. The van der Waals surface area contributed by atoms with E-state index < -0.39 is 10.0 Å². The van der Waals surface area contributed by atoms with Crippen LogP contribution in [0.4, 0.5) is 5.69 Å². The Hall–Kier alpha value is -2.12. The summed E-state index contributed by atoms with van der Waals surface area (Å²) in [5.74, 6) is 0. The van der Waals surface area contributed by atoms with E-state index in [4.69, 9.17) is 0 Å². The molecule has 3 aromatic rings. The van der Waals surface area contributed by atoms with Gasteiger partial charge in [-0.3, -0.25) is 9.82 Å². The van der Waals surface area contributed by atoms with Gasteiger partial charge in [-0.2, -0.15) is 5.10 Å². The zero-order valence-corrected chi connectivity index (χ0v) is 15.6. The van der Waals surface area contributed by atoms with Crippen molar-refractivity contribution in [1.29, 1.82) is 0 Å². The summed E-state index contributed by atoms with van der Waals surface area (Å²) in [6.07, 6.45) is 0. The number of aryl methyl sites for hydroxylation is 3. The van der Waals surface area contributed by atoms with Gasteiger partial charge in [-0.05, 0) is 56.5 Å². The molecule has 5 nitrogen and oxygen atoms in total. The molecule has 2 N–H and O–H groups in total. The van der Waals surface area contributed by atoms with Crippen molar-refractivity contribution in [3.05, 3.63) is 52.7 Å². The lowest BCUT2D eigenvalue weighted by molar-refractivity contribution is 0.603. The highest BCUT2D eigenvalue weighted by molar-refractivity contribution is 7.94. The fourth-order valence-corrected chi connectivity index (χ4v) is 5.03. The minimum absolute atomic E-state index is 0.278. The standard InChI is InChI=1S/C17H19N3O2S2/c1-10-6-5-7-11(2)16(10)20-24(21,22)15-9-8-14(23-15)17-12(3)13(4)18-19-17/h5-9,20H,1-4H3,(H,18,19). The number of hydrogen-bond donors (Lipinski definition) is 2. The Morgan fingerprint density at radius 2 is 1.71 bits per heavy atom. The summed E-state index contributed by atoms with van der Waals surface area (Å²) in [5, 5.41) is 7.19. The van der Waals surface area contributed by atoms with Crippen molar-refractivity contribution in [2.24, 2.45) is 0 Å². The van der Waals surface area contributed by atoms with Crippen LogP contribution in [-0.4, -0.2) is 18.6 Å². The number of nitrogens with one attached hydrogen (secondary N) is 2. The summed E-state index contributed by atoms with van der Waals surface area (Å²) in [6.45, 7) is 7.69. The van der Waals surface area contributed by atoms with Crippen LogP contribution in [0.5, 0.6) is 0 Å². The first kappa shape index (κ1) is 16.7. The van der Waals surface area contributed by atoms with Crippen molar-refractivity contribution in [3.63, 3.8) is 0 Å². The molecule has 3 rings (SSSR count). The van der Waals surface area contributed by atoms with Crippen molar-refractivity contribution >= 4 is 27.0 Å². The number of hydrogen-bond acceptors (Lipinski definition) is 4. The molecule has 0 bridgehead atoms. The van der Waals surface area contributed by atoms with Gasteiger partial charge in [0, 0.05) is 5.69 Å². The van der Waals surface area contributed by atoms with Gasteiger partial charge >= 0.3 is 0 Å². The molecule has 0 fully saturated rings. The molecule has 2 heterocycles. The van der Waals surface area contributed by atoms with Crippen LogP contribution < -0.4 is 4.72 Å². The largest absolute Gasteiger partial charge is 0.282 e. The molecule has 2 aromatic heterocycles. The highest BCUT2D eigenvalue weighted by Crippen LogP contribution is 2.33. The van der Waals surface area contributed by atoms with E-state index in [1.807, 2.05) is 45.9 Å². The van der Waals surface area contributed by atoms with E-state index in [-0.39, 0.29) is 4.21 Å². The minimum atomic E-state index is -3.62. The number of rotatable bonds is 4. The molecular formula is C17H19N3O2S2. The van der Waals surface area contributed by atoms with Gasteiger partial charge in [-0.25, -0.2) is 8.42 Å². The predicted octanol–water partition coefficient (Wildman–Crippen LogP) is 4.17. The summed E-state index contributed by atoms with van der Waals surface area (Å²) in [7, 11) is -3.62. The number of para-hydroxylation sites is 1. The summed E-state index contributed by atoms with van der Waals surface area (Å²) >= 11 is 1.22. The maximum Gasteiger partial charge on any atom is 0.271 e. The van der Waals surface area contributed by atoms with Gasteiger partial charge in [0.1, 0.15) is 9.90 Å². The van der Waals surface area contributed by atoms with Crippen LogP contribution in [0.3, 0.4) is 0 Å². The quantitative estimate of drug-likeness (QED) is 0.732. The van der Waals surface area contributed by atoms with Gasteiger partial charge in [0.15, 0.2) is 0 Å². The maximum absolute atomic E-state index is 12.7. The van der Waals surface area contributed by atoms with Gasteiger partial charge < -0.3 is 0 Å². The first-order valence-corrected chi connectivity index (χ1v) is 9.80. The molecule has 0 unspecified atom stereocenters. The highest BCUT2D eigenvalue weighted by atomic mass is 32.2. The smallest absolute Gasteiger partial charge is 0.271 e. The van der Waals surface area contributed by atoms with Crippen LogP contribution in [0.15, 0.2) is 34.5 Å². The minimum Gasteiger partial charge on any atom is -0.282 e. The van der Waals surface area contributed by atoms with Crippen LogP contribution in [-0.2, 0) is 10.0 Å². The third-order valence-electron chi connectivity index (χ3n) is 4.05. The molecule has 0 spiro atoms. The highest BCUT2D eigenvalue weighted by Gasteiger charge is 2.20.